The third-order valence-corrected chi connectivity index (χ3v) is 7.89. The van der Waals surface area contributed by atoms with Gasteiger partial charge in [-0.25, -0.2) is 0 Å². The number of non-ortho nitro benzene ring substituents is 3. The summed E-state index contributed by atoms with van der Waals surface area (Å²) in [6.07, 6.45) is 0. The maximum atomic E-state index is 11.3. The molecule has 0 amide bonds. The minimum absolute atomic E-state index is 0.0399. The second-order valence-corrected chi connectivity index (χ2v) is 11.4. The second-order valence-electron chi connectivity index (χ2n) is 11.4. The highest BCUT2D eigenvalue weighted by molar-refractivity contribution is 5.35. The van der Waals surface area contributed by atoms with E-state index in [9.17, 15) is 30.3 Å². The summed E-state index contributed by atoms with van der Waals surface area (Å²) < 4.78 is 18.0. The Morgan fingerprint density at radius 1 is 0.458 bits per heavy atom. The molecule has 0 bridgehead atoms. The molecule has 15 nitrogen and oxygen atoms in total. The Labute approximate surface area is 279 Å². The van der Waals surface area contributed by atoms with Crippen LogP contribution in [0.1, 0.15) is 16.7 Å². The van der Waals surface area contributed by atoms with Crippen LogP contribution in [0.4, 0.5) is 17.1 Å². The van der Waals surface area contributed by atoms with E-state index in [-0.39, 0.29) is 17.1 Å². The van der Waals surface area contributed by atoms with Crippen molar-refractivity contribution >= 4 is 17.1 Å². The van der Waals surface area contributed by atoms with Crippen molar-refractivity contribution in [3.63, 3.8) is 0 Å². The molecule has 0 unspecified atom stereocenters. The van der Waals surface area contributed by atoms with E-state index in [2.05, 4.69) is 14.7 Å². The van der Waals surface area contributed by atoms with Gasteiger partial charge < -0.3 is 14.2 Å². The van der Waals surface area contributed by atoms with Crippen molar-refractivity contribution in [1.29, 1.82) is 0 Å². The summed E-state index contributed by atoms with van der Waals surface area (Å²) in [7, 11) is 0. The van der Waals surface area contributed by atoms with Gasteiger partial charge >= 0.3 is 0 Å². The Morgan fingerprint density at radius 2 is 0.708 bits per heavy atom. The minimum Gasteiger partial charge on any atom is -0.379 e. The van der Waals surface area contributed by atoms with Crippen molar-refractivity contribution in [3.8, 4) is 0 Å². The van der Waals surface area contributed by atoms with Gasteiger partial charge in [0.1, 0.15) is 0 Å². The van der Waals surface area contributed by atoms with Crippen LogP contribution in [0.5, 0.6) is 0 Å². The quantitative estimate of drug-likeness (QED) is 0.235. The van der Waals surface area contributed by atoms with Crippen LogP contribution in [0.3, 0.4) is 0 Å². The largest absolute Gasteiger partial charge is 0.379 e. The first-order valence-corrected chi connectivity index (χ1v) is 15.9. The van der Waals surface area contributed by atoms with Gasteiger partial charge in [-0.05, 0) is 16.7 Å². The molecule has 0 N–H and O–H groups in total. The molecule has 3 aromatic rings. The lowest BCUT2D eigenvalue weighted by Crippen LogP contribution is -2.35. The minimum atomic E-state index is -0.404. The zero-order chi connectivity index (χ0) is 34.1. The van der Waals surface area contributed by atoms with Crippen LogP contribution in [-0.4, -0.2) is 108 Å². The van der Waals surface area contributed by atoms with E-state index in [1.165, 1.54) is 18.2 Å². The smallest absolute Gasteiger partial charge is 0.269 e. The first-order chi connectivity index (χ1) is 23.3. The van der Waals surface area contributed by atoms with E-state index in [1.54, 1.807) is 36.4 Å². The molecular formula is C33H42N6O9. The standard InChI is InChI=1S/C33H42N6O9/c40-37(41)31-7-1-4-28(22-31)25-34-10-16-46-18-12-35(26-29-5-2-8-32(23-29)38(42)43)14-20-48-21-15-36(13-19-47-17-11-34)27-30-6-3-9-33(24-30)39(44)45/h1-9,22-24H,10-21,25-27H2. The molecule has 0 atom stereocenters. The fraction of sp³-hybridized carbons (Fsp3) is 0.455. The van der Waals surface area contributed by atoms with Crippen molar-refractivity contribution < 1.29 is 29.0 Å². The molecule has 1 aliphatic rings. The van der Waals surface area contributed by atoms with Gasteiger partial charge in [0.25, 0.3) is 17.1 Å². The van der Waals surface area contributed by atoms with Gasteiger partial charge in [0.15, 0.2) is 0 Å². The molecule has 48 heavy (non-hydrogen) atoms. The van der Waals surface area contributed by atoms with E-state index in [0.717, 1.165) is 16.7 Å². The SMILES string of the molecule is O=[N+]([O-])c1cccc(CN2CCOCCN(Cc3cccc([N+](=O)[O-])c3)CCOCCN(Cc3cccc([N+](=O)[O-])c3)CCOCC2)c1. The molecular weight excluding hydrogens is 624 g/mol. The zero-order valence-corrected chi connectivity index (χ0v) is 26.9. The molecule has 0 spiro atoms. The highest BCUT2D eigenvalue weighted by Gasteiger charge is 2.15. The maximum absolute atomic E-state index is 11.3. The summed E-state index contributed by atoms with van der Waals surface area (Å²) in [5.74, 6) is 0. The molecule has 0 aromatic heterocycles. The van der Waals surface area contributed by atoms with Crippen LogP contribution in [0.2, 0.25) is 0 Å². The summed E-state index contributed by atoms with van der Waals surface area (Å²) in [6.45, 7) is 7.59. The molecule has 0 radical (unpaired) electrons. The maximum Gasteiger partial charge on any atom is 0.269 e. The van der Waals surface area contributed by atoms with Gasteiger partial charge in [0.2, 0.25) is 0 Å². The number of nitro benzene ring substituents is 3. The lowest BCUT2D eigenvalue weighted by atomic mass is 10.2. The fourth-order valence-electron chi connectivity index (χ4n) is 5.36. The Kier molecular flexibility index (Phi) is 14.8. The number of benzene rings is 3. The Balaban J connectivity index is 1.43. The molecule has 1 aliphatic heterocycles. The summed E-state index contributed by atoms with van der Waals surface area (Å²) in [4.78, 5) is 39.1. The summed E-state index contributed by atoms with van der Waals surface area (Å²) in [6, 6.07) is 19.8. The normalized spacial score (nSPS) is 17.2. The topological polar surface area (TPSA) is 167 Å². The zero-order valence-electron chi connectivity index (χ0n) is 26.9. The number of hydrogen-bond donors (Lipinski definition) is 0. The van der Waals surface area contributed by atoms with Crippen LogP contribution in [0, 0.1) is 30.3 Å². The van der Waals surface area contributed by atoms with Crippen molar-refractivity contribution in [2.24, 2.45) is 0 Å². The van der Waals surface area contributed by atoms with Gasteiger partial charge in [-0.15, -0.1) is 0 Å². The third kappa shape index (κ3) is 12.7. The predicted molar refractivity (Wildman–Crippen MR) is 178 cm³/mol. The van der Waals surface area contributed by atoms with Crippen LogP contribution in [-0.2, 0) is 33.8 Å². The lowest BCUT2D eigenvalue weighted by molar-refractivity contribution is -0.385. The molecule has 1 fully saturated rings. The van der Waals surface area contributed by atoms with Crippen molar-refractivity contribution in [2.75, 3.05) is 78.9 Å². The number of hydrogen-bond acceptors (Lipinski definition) is 12. The molecule has 4 rings (SSSR count). The highest BCUT2D eigenvalue weighted by Crippen LogP contribution is 2.17. The van der Waals surface area contributed by atoms with Gasteiger partial charge in [-0.2, -0.15) is 0 Å². The van der Waals surface area contributed by atoms with Crippen molar-refractivity contribution in [2.45, 2.75) is 19.6 Å². The van der Waals surface area contributed by atoms with E-state index in [0.29, 0.717) is 98.5 Å². The molecule has 1 saturated heterocycles. The van der Waals surface area contributed by atoms with Gasteiger partial charge in [-0.3, -0.25) is 45.0 Å². The molecule has 1 heterocycles. The highest BCUT2D eigenvalue weighted by atomic mass is 16.6. The summed E-state index contributed by atoms with van der Waals surface area (Å²) in [5, 5.41) is 33.9. The van der Waals surface area contributed by atoms with Crippen molar-refractivity contribution in [3.05, 3.63) is 120 Å². The van der Waals surface area contributed by atoms with E-state index in [4.69, 9.17) is 14.2 Å². The number of nitro groups is 3. The second kappa shape index (κ2) is 19.4. The molecule has 0 saturated carbocycles. The average Bonchev–Trinajstić information content (AvgIpc) is 3.07. The molecule has 15 heteroatoms. The van der Waals surface area contributed by atoms with E-state index >= 15 is 0 Å². The Bertz CT molecular complexity index is 1300. The lowest BCUT2D eigenvalue weighted by Gasteiger charge is -2.26. The molecule has 0 aliphatic carbocycles. The van der Waals surface area contributed by atoms with Crippen LogP contribution in [0.15, 0.2) is 72.8 Å². The monoisotopic (exact) mass is 666 g/mol. The van der Waals surface area contributed by atoms with Crippen LogP contribution >= 0.6 is 0 Å². The summed E-state index contributed by atoms with van der Waals surface area (Å²) >= 11 is 0. The van der Waals surface area contributed by atoms with Crippen LogP contribution < -0.4 is 0 Å². The molecule has 258 valence electrons. The number of nitrogens with zero attached hydrogens (tertiary/aromatic N) is 6. The Morgan fingerprint density at radius 3 is 0.938 bits per heavy atom. The van der Waals surface area contributed by atoms with Gasteiger partial charge in [0, 0.05) is 95.3 Å². The molecule has 3 aromatic carbocycles. The van der Waals surface area contributed by atoms with E-state index in [1.807, 2.05) is 18.2 Å². The Hall–Kier alpha value is -4.38. The van der Waals surface area contributed by atoms with Crippen molar-refractivity contribution in [1.82, 2.24) is 14.7 Å². The average molecular weight is 667 g/mol. The number of rotatable bonds is 9. The fourth-order valence-corrected chi connectivity index (χ4v) is 5.36. The summed E-state index contributed by atoms with van der Waals surface area (Å²) in [5.41, 5.74) is 2.57. The third-order valence-electron chi connectivity index (χ3n) is 7.89. The first kappa shape index (κ1) is 36.5. The van der Waals surface area contributed by atoms with Gasteiger partial charge in [-0.1, -0.05) is 36.4 Å². The number of ether oxygens (including phenoxy) is 3. The predicted octanol–water partition coefficient (Wildman–Crippen LogP) is 4.28. The first-order valence-electron chi connectivity index (χ1n) is 15.9. The van der Waals surface area contributed by atoms with E-state index < -0.39 is 14.8 Å². The van der Waals surface area contributed by atoms with Gasteiger partial charge in [0.05, 0.1) is 54.4 Å². The van der Waals surface area contributed by atoms with Crippen LogP contribution in [0.25, 0.3) is 0 Å².